The minimum absolute atomic E-state index is 0.109. The predicted octanol–water partition coefficient (Wildman–Crippen LogP) is 2.01. The molecule has 0 fully saturated rings. The van der Waals surface area contributed by atoms with Crippen molar-refractivity contribution >= 4 is 12.1 Å². The fraction of sp³-hybridized carbons (Fsp3) is 0.188. The van der Waals surface area contributed by atoms with Gasteiger partial charge in [0.2, 0.25) is 0 Å². The van der Waals surface area contributed by atoms with Crippen LogP contribution in [0.5, 0.6) is 11.5 Å². The van der Waals surface area contributed by atoms with Gasteiger partial charge in [-0.1, -0.05) is 0 Å². The maximum atomic E-state index is 11.6. The Morgan fingerprint density at radius 2 is 1.77 bits per heavy atom. The van der Waals surface area contributed by atoms with E-state index in [9.17, 15) is 4.79 Å². The molecule has 0 radical (unpaired) electrons. The van der Waals surface area contributed by atoms with Gasteiger partial charge in [0.15, 0.2) is 6.61 Å². The van der Waals surface area contributed by atoms with Crippen LogP contribution in [0.3, 0.4) is 0 Å². The van der Waals surface area contributed by atoms with Crippen molar-refractivity contribution < 1.29 is 14.3 Å². The summed E-state index contributed by atoms with van der Waals surface area (Å²) in [6, 6.07) is 10.6. The zero-order valence-electron chi connectivity index (χ0n) is 12.2. The number of pyridine rings is 1. The van der Waals surface area contributed by atoms with Crippen molar-refractivity contribution in [1.82, 2.24) is 10.4 Å². The van der Waals surface area contributed by atoms with Crippen LogP contribution in [0, 0.1) is 0 Å². The zero-order valence-corrected chi connectivity index (χ0v) is 12.2. The van der Waals surface area contributed by atoms with E-state index in [1.54, 1.807) is 48.8 Å². The van der Waals surface area contributed by atoms with E-state index in [1.807, 2.05) is 6.92 Å². The van der Waals surface area contributed by atoms with Crippen LogP contribution in [0.1, 0.15) is 12.5 Å². The van der Waals surface area contributed by atoms with E-state index < -0.39 is 0 Å². The third kappa shape index (κ3) is 5.24. The first-order valence-electron chi connectivity index (χ1n) is 6.85. The summed E-state index contributed by atoms with van der Waals surface area (Å²) in [5.41, 5.74) is 3.24. The standard InChI is InChI=1S/C16H17N3O3/c1-2-21-14-3-5-15(6-4-14)22-12-16(20)19-18-11-13-7-9-17-10-8-13/h3-11H,2,12H2,1H3,(H,19,20)/b18-11+. The number of rotatable bonds is 7. The number of benzene rings is 1. The predicted molar refractivity (Wildman–Crippen MR) is 83.1 cm³/mol. The van der Waals surface area contributed by atoms with E-state index in [-0.39, 0.29) is 12.5 Å². The minimum Gasteiger partial charge on any atom is -0.494 e. The lowest BCUT2D eigenvalue weighted by molar-refractivity contribution is -0.123. The van der Waals surface area contributed by atoms with Crippen LogP contribution in [0.15, 0.2) is 53.9 Å². The van der Waals surface area contributed by atoms with Gasteiger partial charge < -0.3 is 9.47 Å². The van der Waals surface area contributed by atoms with Gasteiger partial charge in [0.05, 0.1) is 12.8 Å². The molecule has 0 atom stereocenters. The number of carbonyl (C=O) groups is 1. The average molecular weight is 299 g/mol. The molecular formula is C16H17N3O3. The molecule has 6 heteroatoms. The molecule has 0 aliphatic heterocycles. The lowest BCUT2D eigenvalue weighted by atomic mass is 10.3. The van der Waals surface area contributed by atoms with Crippen molar-refractivity contribution in [2.24, 2.45) is 5.10 Å². The Hall–Kier alpha value is -2.89. The lowest BCUT2D eigenvalue weighted by Gasteiger charge is -2.06. The van der Waals surface area contributed by atoms with E-state index in [2.05, 4.69) is 15.5 Å². The molecule has 1 amide bonds. The largest absolute Gasteiger partial charge is 0.494 e. The van der Waals surface area contributed by atoms with Crippen LogP contribution in [0.25, 0.3) is 0 Å². The normalized spacial score (nSPS) is 10.4. The second kappa shape index (κ2) is 8.41. The molecule has 1 heterocycles. The van der Waals surface area contributed by atoms with Crippen molar-refractivity contribution in [2.75, 3.05) is 13.2 Å². The molecule has 0 aliphatic carbocycles. The quantitative estimate of drug-likeness (QED) is 0.627. The molecule has 1 aromatic heterocycles. The molecule has 22 heavy (non-hydrogen) atoms. The average Bonchev–Trinajstić information content (AvgIpc) is 2.55. The Balaban J connectivity index is 1.74. The fourth-order valence-corrected chi connectivity index (χ4v) is 1.61. The molecule has 0 aliphatic rings. The molecule has 0 spiro atoms. The minimum atomic E-state index is -0.334. The van der Waals surface area contributed by atoms with Gasteiger partial charge in [-0.05, 0) is 48.9 Å². The number of hydrazone groups is 1. The van der Waals surface area contributed by atoms with Crippen molar-refractivity contribution in [3.05, 3.63) is 54.4 Å². The van der Waals surface area contributed by atoms with Gasteiger partial charge in [-0.2, -0.15) is 5.10 Å². The summed E-state index contributed by atoms with van der Waals surface area (Å²) in [6.07, 6.45) is 4.84. The van der Waals surface area contributed by atoms with Crippen molar-refractivity contribution in [3.63, 3.8) is 0 Å². The molecule has 0 unspecified atom stereocenters. The van der Waals surface area contributed by atoms with E-state index in [0.29, 0.717) is 12.4 Å². The Bertz CT molecular complexity index is 612. The Labute approximate surface area is 128 Å². The molecule has 1 N–H and O–H groups in total. The Kier molecular flexibility index (Phi) is 5.92. The van der Waals surface area contributed by atoms with E-state index >= 15 is 0 Å². The summed E-state index contributed by atoms with van der Waals surface area (Å²) >= 11 is 0. The number of hydrogen-bond acceptors (Lipinski definition) is 5. The SMILES string of the molecule is CCOc1ccc(OCC(=O)N/N=C/c2ccncc2)cc1. The first-order valence-corrected chi connectivity index (χ1v) is 6.85. The molecule has 1 aromatic carbocycles. The van der Waals surface area contributed by atoms with E-state index in [4.69, 9.17) is 9.47 Å². The molecule has 2 rings (SSSR count). The maximum absolute atomic E-state index is 11.6. The summed E-state index contributed by atoms with van der Waals surface area (Å²) in [6.45, 7) is 2.42. The van der Waals surface area contributed by atoms with Gasteiger partial charge in [-0.3, -0.25) is 9.78 Å². The number of carbonyl (C=O) groups excluding carboxylic acids is 1. The highest BCUT2D eigenvalue weighted by Crippen LogP contribution is 2.17. The summed E-state index contributed by atoms with van der Waals surface area (Å²) in [7, 11) is 0. The Morgan fingerprint density at radius 1 is 1.14 bits per heavy atom. The summed E-state index contributed by atoms with van der Waals surface area (Å²) < 4.78 is 10.7. The topological polar surface area (TPSA) is 72.8 Å². The highest BCUT2D eigenvalue weighted by atomic mass is 16.5. The molecule has 2 aromatic rings. The zero-order chi connectivity index (χ0) is 15.6. The highest BCUT2D eigenvalue weighted by molar-refractivity contribution is 5.82. The van der Waals surface area contributed by atoms with Gasteiger partial charge in [0, 0.05) is 12.4 Å². The molecule has 0 saturated carbocycles. The summed E-state index contributed by atoms with van der Waals surface area (Å²) in [5.74, 6) is 1.03. The third-order valence-electron chi connectivity index (χ3n) is 2.61. The molecule has 6 nitrogen and oxygen atoms in total. The van der Waals surface area contributed by atoms with Gasteiger partial charge in [-0.25, -0.2) is 5.43 Å². The summed E-state index contributed by atoms with van der Waals surface area (Å²) in [4.78, 5) is 15.5. The molecule has 0 bridgehead atoms. The van der Waals surface area contributed by atoms with Crippen molar-refractivity contribution in [2.45, 2.75) is 6.92 Å². The van der Waals surface area contributed by atoms with E-state index in [0.717, 1.165) is 11.3 Å². The number of hydrogen-bond donors (Lipinski definition) is 1. The van der Waals surface area contributed by atoms with Crippen LogP contribution in [0.4, 0.5) is 0 Å². The van der Waals surface area contributed by atoms with Gasteiger partial charge in [-0.15, -0.1) is 0 Å². The molecular weight excluding hydrogens is 282 g/mol. The number of aromatic nitrogens is 1. The van der Waals surface area contributed by atoms with Crippen LogP contribution in [0.2, 0.25) is 0 Å². The van der Waals surface area contributed by atoms with Gasteiger partial charge >= 0.3 is 0 Å². The van der Waals surface area contributed by atoms with E-state index in [1.165, 1.54) is 6.21 Å². The Morgan fingerprint density at radius 3 is 2.41 bits per heavy atom. The van der Waals surface area contributed by atoms with Gasteiger partial charge in [0.25, 0.3) is 5.91 Å². The molecule has 114 valence electrons. The number of amides is 1. The smallest absolute Gasteiger partial charge is 0.277 e. The first kappa shape index (κ1) is 15.5. The highest BCUT2D eigenvalue weighted by Gasteiger charge is 2.01. The fourth-order valence-electron chi connectivity index (χ4n) is 1.61. The van der Waals surface area contributed by atoms with Crippen LogP contribution in [-0.4, -0.2) is 30.3 Å². The lowest BCUT2D eigenvalue weighted by Crippen LogP contribution is -2.24. The number of nitrogens with zero attached hydrogens (tertiary/aromatic N) is 2. The second-order valence-electron chi connectivity index (χ2n) is 4.27. The van der Waals surface area contributed by atoms with Crippen molar-refractivity contribution in [1.29, 1.82) is 0 Å². The second-order valence-corrected chi connectivity index (χ2v) is 4.27. The maximum Gasteiger partial charge on any atom is 0.277 e. The van der Waals surface area contributed by atoms with Gasteiger partial charge in [0.1, 0.15) is 11.5 Å². The van der Waals surface area contributed by atoms with Crippen LogP contribution >= 0.6 is 0 Å². The number of ether oxygens (including phenoxy) is 2. The summed E-state index contributed by atoms with van der Waals surface area (Å²) in [5, 5.41) is 3.84. The third-order valence-corrected chi connectivity index (χ3v) is 2.61. The van der Waals surface area contributed by atoms with Crippen LogP contribution < -0.4 is 14.9 Å². The van der Waals surface area contributed by atoms with Crippen LogP contribution in [-0.2, 0) is 4.79 Å². The molecule has 0 saturated heterocycles. The monoisotopic (exact) mass is 299 g/mol. The van der Waals surface area contributed by atoms with Crippen molar-refractivity contribution in [3.8, 4) is 11.5 Å². The number of nitrogens with one attached hydrogen (secondary N) is 1. The first-order chi connectivity index (χ1) is 10.8.